The summed E-state index contributed by atoms with van der Waals surface area (Å²) in [6, 6.07) is -0.808. The minimum Gasteiger partial charge on any atom is -0.459 e. The molecule has 0 bridgehead atoms. The van der Waals surface area contributed by atoms with Gasteiger partial charge in [-0.1, -0.05) is 20.8 Å². The van der Waals surface area contributed by atoms with Crippen molar-refractivity contribution in [2.75, 3.05) is 34.8 Å². The second-order valence-electron chi connectivity index (χ2n) is 17.2. The summed E-state index contributed by atoms with van der Waals surface area (Å²) in [6.07, 6.45) is -8.19. The number of hydrogen-bond acceptors (Lipinski definition) is 14. The summed E-state index contributed by atoms with van der Waals surface area (Å²) in [5.41, 5.74) is -4.37. The van der Waals surface area contributed by atoms with Crippen LogP contribution >= 0.6 is 0 Å². The van der Waals surface area contributed by atoms with E-state index in [9.17, 15) is 30.3 Å². The minimum atomic E-state index is -1.80. The molecule has 3 aliphatic heterocycles. The third kappa shape index (κ3) is 10.0. The maximum atomic E-state index is 14.2. The summed E-state index contributed by atoms with van der Waals surface area (Å²) in [7, 11) is 7.12. The Morgan fingerprint density at radius 2 is 1.56 bits per heavy atom. The Morgan fingerprint density at radius 3 is 2.12 bits per heavy atom. The molecular formula is C38H72N2O12. The van der Waals surface area contributed by atoms with Crippen LogP contribution in [0.4, 0.5) is 0 Å². The van der Waals surface area contributed by atoms with Gasteiger partial charge in [-0.15, -0.1) is 0 Å². The topological polar surface area (TPSA) is 180 Å². The molecular weight excluding hydrogens is 676 g/mol. The van der Waals surface area contributed by atoms with Crippen molar-refractivity contribution in [3.05, 3.63) is 0 Å². The fourth-order valence-electron chi connectivity index (χ4n) is 8.74. The van der Waals surface area contributed by atoms with Crippen LogP contribution in [0.25, 0.3) is 0 Å². The highest BCUT2D eigenvalue weighted by Crippen LogP contribution is 2.40. The van der Waals surface area contributed by atoms with E-state index in [0.29, 0.717) is 13.0 Å². The Labute approximate surface area is 312 Å². The number of esters is 1. The van der Waals surface area contributed by atoms with Gasteiger partial charge in [0.05, 0.1) is 41.5 Å². The van der Waals surface area contributed by atoms with Crippen molar-refractivity contribution < 1.29 is 58.7 Å². The molecule has 0 aromatic carbocycles. The van der Waals surface area contributed by atoms with E-state index >= 15 is 0 Å². The molecule has 306 valence electrons. The van der Waals surface area contributed by atoms with Gasteiger partial charge in [0.2, 0.25) is 0 Å². The number of carbonyl (C=O) groups is 1. The molecule has 18 atom stereocenters. The monoisotopic (exact) mass is 749 g/mol. The molecule has 0 aromatic rings. The van der Waals surface area contributed by atoms with Crippen LogP contribution in [0.15, 0.2) is 0 Å². The standard InChI is InChI=1S/C38H72N2O12/c1-15-27-38(10,46)31(42)24(6)40(13)19-20(2)17-36(8,45)33(52-35-29(41)26(39(11)12)16-21(3)48-35)22(4)30(23(5)34(44)50-27)51-28-18-37(9,47-14)32(43)25(7)49-28/h20-33,35,41-43,45-46H,15-19H2,1-14H3/t20-,21-,22?,23-,24-,25+,26+,27-,28+,29-,30+,31-,32+,33-,35+,36-,37-,38-/m0/s1. The zero-order valence-electron chi connectivity index (χ0n) is 34.2. The van der Waals surface area contributed by atoms with Gasteiger partial charge < -0.3 is 63.8 Å². The van der Waals surface area contributed by atoms with Gasteiger partial charge in [-0.2, -0.15) is 0 Å². The number of ether oxygens (including phenoxy) is 6. The number of aliphatic hydroxyl groups excluding tert-OH is 3. The van der Waals surface area contributed by atoms with E-state index in [1.165, 1.54) is 14.0 Å². The average molecular weight is 749 g/mol. The summed E-state index contributed by atoms with van der Waals surface area (Å²) in [4.78, 5) is 18.0. The van der Waals surface area contributed by atoms with Gasteiger partial charge in [0.15, 0.2) is 12.6 Å². The summed E-state index contributed by atoms with van der Waals surface area (Å²) < 4.78 is 37.5. The third-order valence-corrected chi connectivity index (χ3v) is 12.2. The highest BCUT2D eigenvalue weighted by Gasteiger charge is 2.52. The first kappa shape index (κ1) is 45.4. The zero-order chi connectivity index (χ0) is 39.7. The smallest absolute Gasteiger partial charge is 0.311 e. The predicted molar refractivity (Wildman–Crippen MR) is 194 cm³/mol. The minimum absolute atomic E-state index is 0.133. The normalized spacial score (nSPS) is 49.6. The highest BCUT2D eigenvalue weighted by atomic mass is 16.7. The van der Waals surface area contributed by atoms with Crippen molar-refractivity contribution in [1.29, 1.82) is 0 Å². The molecule has 0 aliphatic carbocycles. The first-order valence-electron chi connectivity index (χ1n) is 19.1. The van der Waals surface area contributed by atoms with E-state index in [2.05, 4.69) is 0 Å². The molecule has 3 saturated heterocycles. The van der Waals surface area contributed by atoms with Crippen LogP contribution in [-0.4, -0.2) is 166 Å². The Bertz CT molecular complexity index is 1140. The van der Waals surface area contributed by atoms with Gasteiger partial charge in [0, 0.05) is 38.1 Å². The molecule has 3 aliphatic rings. The number of nitrogens with zero attached hydrogens (tertiary/aromatic N) is 2. The van der Waals surface area contributed by atoms with Gasteiger partial charge in [-0.25, -0.2) is 0 Å². The molecule has 0 saturated carbocycles. The second-order valence-corrected chi connectivity index (χ2v) is 17.2. The second kappa shape index (κ2) is 17.8. The molecule has 0 radical (unpaired) electrons. The van der Waals surface area contributed by atoms with Crippen LogP contribution in [0, 0.1) is 17.8 Å². The van der Waals surface area contributed by atoms with Crippen LogP contribution in [-0.2, 0) is 33.2 Å². The molecule has 3 rings (SSSR count). The van der Waals surface area contributed by atoms with Crippen LogP contribution < -0.4 is 0 Å². The summed E-state index contributed by atoms with van der Waals surface area (Å²) >= 11 is 0. The van der Waals surface area contributed by atoms with E-state index in [0.717, 1.165) is 0 Å². The summed E-state index contributed by atoms with van der Waals surface area (Å²) in [5.74, 6) is -2.58. The molecule has 3 heterocycles. The number of aliphatic hydroxyl groups is 5. The molecule has 5 N–H and O–H groups in total. The van der Waals surface area contributed by atoms with Gasteiger partial charge in [0.1, 0.15) is 30.0 Å². The van der Waals surface area contributed by atoms with Crippen molar-refractivity contribution in [2.24, 2.45) is 17.8 Å². The maximum absolute atomic E-state index is 14.2. The van der Waals surface area contributed by atoms with E-state index in [1.54, 1.807) is 41.5 Å². The van der Waals surface area contributed by atoms with Gasteiger partial charge >= 0.3 is 5.97 Å². The first-order valence-corrected chi connectivity index (χ1v) is 19.1. The Kier molecular flexibility index (Phi) is 15.6. The number of likely N-dealkylation sites (N-methyl/N-ethyl adjacent to an activating group) is 2. The van der Waals surface area contributed by atoms with E-state index in [4.69, 9.17) is 28.4 Å². The Morgan fingerprint density at radius 1 is 0.942 bits per heavy atom. The van der Waals surface area contributed by atoms with Crippen molar-refractivity contribution in [2.45, 2.75) is 185 Å². The first-order chi connectivity index (χ1) is 23.9. The lowest BCUT2D eigenvalue weighted by atomic mass is 9.77. The lowest BCUT2D eigenvalue weighted by Crippen LogP contribution is -2.60. The molecule has 0 spiro atoms. The number of hydrogen-bond donors (Lipinski definition) is 5. The van der Waals surface area contributed by atoms with Crippen molar-refractivity contribution in [1.82, 2.24) is 9.80 Å². The summed E-state index contributed by atoms with van der Waals surface area (Å²) in [6.45, 7) is 18.0. The van der Waals surface area contributed by atoms with Crippen LogP contribution in [0.3, 0.4) is 0 Å². The summed E-state index contributed by atoms with van der Waals surface area (Å²) in [5, 5.41) is 58.1. The molecule has 14 heteroatoms. The molecule has 52 heavy (non-hydrogen) atoms. The van der Waals surface area contributed by atoms with Gasteiger partial charge in [-0.05, 0) is 94.8 Å². The number of carbonyl (C=O) groups excluding carboxylic acids is 1. The van der Waals surface area contributed by atoms with E-state index in [-0.39, 0.29) is 37.3 Å². The molecule has 14 nitrogen and oxygen atoms in total. The Hall–Kier alpha value is -1.01. The third-order valence-electron chi connectivity index (χ3n) is 12.2. The number of methoxy groups -OCH3 is 1. The van der Waals surface area contributed by atoms with Crippen molar-refractivity contribution in [3.63, 3.8) is 0 Å². The van der Waals surface area contributed by atoms with E-state index in [1.807, 2.05) is 51.7 Å². The number of rotatable bonds is 7. The highest BCUT2D eigenvalue weighted by molar-refractivity contribution is 5.73. The van der Waals surface area contributed by atoms with Crippen LogP contribution in [0.2, 0.25) is 0 Å². The molecule has 1 unspecified atom stereocenters. The predicted octanol–water partition coefficient (Wildman–Crippen LogP) is 1.90. The largest absolute Gasteiger partial charge is 0.459 e. The van der Waals surface area contributed by atoms with Crippen molar-refractivity contribution in [3.8, 4) is 0 Å². The quantitative estimate of drug-likeness (QED) is 0.238. The lowest BCUT2D eigenvalue weighted by molar-refractivity contribution is -0.318. The van der Waals surface area contributed by atoms with Crippen LogP contribution in [0.5, 0.6) is 0 Å². The van der Waals surface area contributed by atoms with Crippen molar-refractivity contribution >= 4 is 5.97 Å². The van der Waals surface area contributed by atoms with Crippen LogP contribution in [0.1, 0.15) is 94.9 Å². The Balaban J connectivity index is 2.17. The molecule has 0 aromatic heterocycles. The lowest BCUT2D eigenvalue weighted by Gasteiger charge is -2.48. The van der Waals surface area contributed by atoms with Gasteiger partial charge in [0.25, 0.3) is 0 Å². The fourth-order valence-corrected chi connectivity index (χ4v) is 8.74. The zero-order valence-corrected chi connectivity index (χ0v) is 34.2. The van der Waals surface area contributed by atoms with Gasteiger partial charge in [-0.3, -0.25) is 4.79 Å². The molecule has 0 amide bonds. The molecule has 3 fully saturated rings. The fraction of sp³-hybridized carbons (Fsp3) is 0.974. The SMILES string of the molecule is CC[C@@H]1OC(=O)[C@@H](C)[C@H](O[C@@H]2C[C@](C)(OC)[C@H](O)[C@@H](C)O2)C(C)[C@H](O[C@H]2O[C@@H](C)C[C@@H](N(C)C)[C@@H]2O)[C@@](C)(O)C[C@H](C)CN(C)[C@@H](C)[C@H](O)[C@@]1(C)O. The average Bonchev–Trinajstić information content (AvgIpc) is 3.05. The maximum Gasteiger partial charge on any atom is 0.311 e. The number of cyclic esters (lactones) is 1. The van der Waals surface area contributed by atoms with E-state index < -0.39 is 96.0 Å².